The fraction of sp³-hybridized carbons (Fsp3) is 0.278. The smallest absolute Gasteiger partial charge is 0.258 e. The van der Waals surface area contributed by atoms with Crippen LogP contribution in [0.5, 0.6) is 5.75 Å². The Hall–Kier alpha value is -1.56. The van der Waals surface area contributed by atoms with Gasteiger partial charge < -0.3 is 15.0 Å². The standard InChI is InChI=1S/C18H20BrClN2O2/c1-22(2)11-16(13-6-4-3-5-7-13)21-18(23)12-24-17-9-8-14(19)10-15(17)20/h3-10,16H,11-12H2,1-2H3,(H,21,23). The Kier molecular flexibility index (Phi) is 7.09. The Bertz CT molecular complexity index is 680. The number of benzene rings is 2. The SMILES string of the molecule is CN(C)CC(NC(=O)COc1ccc(Br)cc1Cl)c1ccccc1. The minimum atomic E-state index is -0.190. The number of amides is 1. The molecule has 0 aliphatic rings. The Morgan fingerprint density at radius 1 is 1.25 bits per heavy atom. The lowest BCUT2D eigenvalue weighted by Crippen LogP contribution is -2.37. The number of likely N-dealkylation sites (N-methyl/N-ethyl adjacent to an activating group) is 1. The fourth-order valence-electron chi connectivity index (χ4n) is 2.26. The molecule has 6 heteroatoms. The van der Waals surface area contributed by atoms with E-state index < -0.39 is 0 Å². The van der Waals surface area contributed by atoms with Crippen LogP contribution < -0.4 is 10.1 Å². The lowest BCUT2D eigenvalue weighted by molar-refractivity contribution is -0.123. The van der Waals surface area contributed by atoms with Crippen molar-refractivity contribution in [3.8, 4) is 5.75 Å². The summed E-state index contributed by atoms with van der Waals surface area (Å²) >= 11 is 9.42. The molecule has 2 rings (SSSR count). The summed E-state index contributed by atoms with van der Waals surface area (Å²) < 4.78 is 6.38. The van der Waals surface area contributed by atoms with Gasteiger partial charge in [0.15, 0.2) is 6.61 Å². The quantitative estimate of drug-likeness (QED) is 0.751. The van der Waals surface area contributed by atoms with Gasteiger partial charge in [-0.1, -0.05) is 57.9 Å². The van der Waals surface area contributed by atoms with Crippen LogP contribution >= 0.6 is 27.5 Å². The minimum Gasteiger partial charge on any atom is -0.482 e. The highest BCUT2D eigenvalue weighted by Gasteiger charge is 2.16. The first-order valence-corrected chi connectivity index (χ1v) is 8.69. The molecule has 2 aromatic carbocycles. The van der Waals surface area contributed by atoms with E-state index in [-0.39, 0.29) is 18.6 Å². The normalized spacial score (nSPS) is 12.0. The number of carbonyl (C=O) groups is 1. The van der Waals surface area contributed by atoms with E-state index in [0.29, 0.717) is 17.3 Å². The Morgan fingerprint density at radius 3 is 2.58 bits per heavy atom. The van der Waals surface area contributed by atoms with Crippen LogP contribution in [0, 0.1) is 0 Å². The molecule has 0 aromatic heterocycles. The lowest BCUT2D eigenvalue weighted by Gasteiger charge is -2.23. The van der Waals surface area contributed by atoms with Gasteiger partial charge in [-0.15, -0.1) is 0 Å². The maximum Gasteiger partial charge on any atom is 0.258 e. The van der Waals surface area contributed by atoms with Gasteiger partial charge >= 0.3 is 0 Å². The van der Waals surface area contributed by atoms with E-state index in [4.69, 9.17) is 16.3 Å². The zero-order chi connectivity index (χ0) is 17.5. The van der Waals surface area contributed by atoms with Crippen molar-refractivity contribution < 1.29 is 9.53 Å². The lowest BCUT2D eigenvalue weighted by atomic mass is 10.1. The summed E-state index contributed by atoms with van der Waals surface area (Å²) in [6, 6.07) is 15.1. The van der Waals surface area contributed by atoms with Crippen LogP contribution in [0.4, 0.5) is 0 Å². The Morgan fingerprint density at radius 2 is 1.96 bits per heavy atom. The van der Waals surface area contributed by atoms with E-state index in [1.807, 2.05) is 55.4 Å². The van der Waals surface area contributed by atoms with Crippen molar-refractivity contribution in [3.63, 3.8) is 0 Å². The molecule has 1 atom stereocenters. The van der Waals surface area contributed by atoms with Crippen molar-refractivity contribution in [2.24, 2.45) is 0 Å². The molecule has 0 bridgehead atoms. The summed E-state index contributed by atoms with van der Waals surface area (Å²) in [6.45, 7) is 0.618. The van der Waals surface area contributed by atoms with Gasteiger partial charge in [0.1, 0.15) is 5.75 Å². The van der Waals surface area contributed by atoms with Crippen molar-refractivity contribution in [3.05, 3.63) is 63.6 Å². The van der Waals surface area contributed by atoms with Crippen molar-refractivity contribution >= 4 is 33.4 Å². The molecular formula is C18H20BrClN2O2. The van der Waals surface area contributed by atoms with E-state index in [1.54, 1.807) is 12.1 Å². The molecule has 0 saturated heterocycles. The number of hydrogen-bond donors (Lipinski definition) is 1. The second-order valence-corrected chi connectivity index (χ2v) is 6.98. The van der Waals surface area contributed by atoms with Gasteiger partial charge in [0.2, 0.25) is 0 Å². The maximum atomic E-state index is 12.3. The van der Waals surface area contributed by atoms with E-state index in [1.165, 1.54) is 0 Å². The van der Waals surface area contributed by atoms with Crippen LogP contribution in [-0.2, 0) is 4.79 Å². The Labute approximate surface area is 155 Å². The highest BCUT2D eigenvalue weighted by molar-refractivity contribution is 9.10. The van der Waals surface area contributed by atoms with Gasteiger partial charge in [0, 0.05) is 11.0 Å². The second-order valence-electron chi connectivity index (χ2n) is 5.66. The van der Waals surface area contributed by atoms with E-state index in [0.717, 1.165) is 10.0 Å². The van der Waals surface area contributed by atoms with Gasteiger partial charge in [-0.05, 0) is 37.9 Å². The number of nitrogens with one attached hydrogen (secondary N) is 1. The average molecular weight is 412 g/mol. The molecule has 0 saturated carbocycles. The van der Waals surface area contributed by atoms with Crippen LogP contribution in [0.15, 0.2) is 53.0 Å². The van der Waals surface area contributed by atoms with E-state index >= 15 is 0 Å². The molecule has 2 aromatic rings. The first-order chi connectivity index (χ1) is 11.5. The minimum absolute atomic E-state index is 0.0852. The molecule has 1 unspecified atom stereocenters. The molecule has 0 aliphatic heterocycles. The number of nitrogens with zero attached hydrogens (tertiary/aromatic N) is 1. The third-order valence-corrected chi connectivity index (χ3v) is 4.13. The average Bonchev–Trinajstić information content (AvgIpc) is 2.54. The number of carbonyl (C=O) groups excluding carboxylic acids is 1. The van der Waals surface area contributed by atoms with Gasteiger partial charge in [-0.2, -0.15) is 0 Å². The number of ether oxygens (including phenoxy) is 1. The molecule has 0 fully saturated rings. The zero-order valence-electron chi connectivity index (χ0n) is 13.6. The van der Waals surface area contributed by atoms with Crippen LogP contribution in [0.1, 0.15) is 11.6 Å². The molecule has 4 nitrogen and oxygen atoms in total. The molecule has 0 spiro atoms. The highest BCUT2D eigenvalue weighted by atomic mass is 79.9. The molecule has 0 heterocycles. The summed E-state index contributed by atoms with van der Waals surface area (Å²) in [6.07, 6.45) is 0. The van der Waals surface area contributed by atoms with E-state index in [2.05, 4.69) is 21.2 Å². The summed E-state index contributed by atoms with van der Waals surface area (Å²) in [4.78, 5) is 14.3. The molecule has 24 heavy (non-hydrogen) atoms. The molecular weight excluding hydrogens is 392 g/mol. The summed E-state index contributed by atoms with van der Waals surface area (Å²) in [5, 5.41) is 3.47. The number of halogens is 2. The van der Waals surface area contributed by atoms with Gasteiger partial charge in [0.25, 0.3) is 5.91 Å². The second kappa shape index (κ2) is 9.06. The third-order valence-electron chi connectivity index (χ3n) is 3.34. The van der Waals surface area contributed by atoms with Crippen molar-refractivity contribution in [2.45, 2.75) is 6.04 Å². The van der Waals surface area contributed by atoms with Gasteiger partial charge in [-0.3, -0.25) is 4.79 Å². The van der Waals surface area contributed by atoms with E-state index in [9.17, 15) is 4.79 Å². The number of rotatable bonds is 7. The van der Waals surface area contributed by atoms with Crippen molar-refractivity contribution in [1.29, 1.82) is 0 Å². The van der Waals surface area contributed by atoms with Gasteiger partial charge in [0.05, 0.1) is 11.1 Å². The van der Waals surface area contributed by atoms with Gasteiger partial charge in [-0.25, -0.2) is 0 Å². The Balaban J connectivity index is 1.97. The van der Waals surface area contributed by atoms with Crippen molar-refractivity contribution in [2.75, 3.05) is 27.2 Å². The topological polar surface area (TPSA) is 41.6 Å². The van der Waals surface area contributed by atoms with Crippen LogP contribution in [0.25, 0.3) is 0 Å². The molecule has 128 valence electrons. The predicted octanol–water partition coefficient (Wildman–Crippen LogP) is 3.90. The molecule has 0 aliphatic carbocycles. The highest BCUT2D eigenvalue weighted by Crippen LogP contribution is 2.27. The summed E-state index contributed by atoms with van der Waals surface area (Å²) in [5.41, 5.74) is 1.06. The molecule has 1 N–H and O–H groups in total. The van der Waals surface area contributed by atoms with Crippen molar-refractivity contribution in [1.82, 2.24) is 10.2 Å². The maximum absolute atomic E-state index is 12.3. The fourth-order valence-corrected chi connectivity index (χ4v) is 2.98. The molecule has 1 amide bonds. The molecule has 0 radical (unpaired) electrons. The van der Waals surface area contributed by atoms with Crippen LogP contribution in [0.3, 0.4) is 0 Å². The predicted molar refractivity (Wildman–Crippen MR) is 101 cm³/mol. The first kappa shape index (κ1) is 18.8. The third kappa shape index (κ3) is 5.82. The zero-order valence-corrected chi connectivity index (χ0v) is 16.0. The summed E-state index contributed by atoms with van der Waals surface area (Å²) in [7, 11) is 3.94. The monoisotopic (exact) mass is 410 g/mol. The van der Waals surface area contributed by atoms with Crippen LogP contribution in [-0.4, -0.2) is 38.1 Å². The first-order valence-electron chi connectivity index (χ1n) is 7.52. The van der Waals surface area contributed by atoms with Crippen LogP contribution in [0.2, 0.25) is 5.02 Å². The largest absolute Gasteiger partial charge is 0.482 e. The number of hydrogen-bond acceptors (Lipinski definition) is 3. The summed E-state index contributed by atoms with van der Waals surface area (Å²) in [5.74, 6) is 0.295.